The summed E-state index contributed by atoms with van der Waals surface area (Å²) in [6.45, 7) is 2.19. The predicted octanol–water partition coefficient (Wildman–Crippen LogP) is 0.589. The fourth-order valence-corrected chi connectivity index (χ4v) is 2.61. The molecule has 0 aliphatic heterocycles. The number of aryl methyl sites for hydroxylation is 1. The van der Waals surface area contributed by atoms with Gasteiger partial charge in [-0.25, -0.2) is 13.1 Å². The van der Waals surface area contributed by atoms with E-state index in [9.17, 15) is 13.2 Å². The van der Waals surface area contributed by atoms with E-state index in [1.54, 1.807) is 7.05 Å². The van der Waals surface area contributed by atoms with Crippen LogP contribution < -0.4 is 4.72 Å². The summed E-state index contributed by atoms with van der Waals surface area (Å²) in [5.41, 5.74) is 0. The summed E-state index contributed by atoms with van der Waals surface area (Å²) in [6.07, 6.45) is 3.97. The SMILES string of the molecule is CC(CCNS(=O)(=O)c1cnn(C)c1)CCC(=O)O. The highest BCUT2D eigenvalue weighted by molar-refractivity contribution is 7.89. The van der Waals surface area contributed by atoms with E-state index < -0.39 is 16.0 Å². The number of rotatable bonds is 8. The van der Waals surface area contributed by atoms with Crippen LogP contribution in [0.3, 0.4) is 0 Å². The summed E-state index contributed by atoms with van der Waals surface area (Å²) in [6, 6.07) is 0. The first-order valence-corrected chi connectivity index (χ1v) is 7.49. The first-order valence-electron chi connectivity index (χ1n) is 6.01. The molecule has 8 heteroatoms. The number of sulfonamides is 1. The largest absolute Gasteiger partial charge is 0.481 e. The lowest BCUT2D eigenvalue weighted by atomic mass is 10.0. The minimum Gasteiger partial charge on any atom is -0.481 e. The van der Waals surface area contributed by atoms with Gasteiger partial charge in [0.1, 0.15) is 4.90 Å². The van der Waals surface area contributed by atoms with Gasteiger partial charge in [0.05, 0.1) is 6.20 Å². The molecule has 0 bridgehead atoms. The van der Waals surface area contributed by atoms with Crippen molar-refractivity contribution in [2.45, 2.75) is 31.1 Å². The third-order valence-electron chi connectivity index (χ3n) is 2.77. The van der Waals surface area contributed by atoms with Gasteiger partial charge in [-0.15, -0.1) is 0 Å². The third kappa shape index (κ3) is 5.39. The Kier molecular flexibility index (Phi) is 5.49. The van der Waals surface area contributed by atoms with E-state index in [1.807, 2.05) is 6.92 Å². The fourth-order valence-electron chi connectivity index (χ4n) is 1.57. The van der Waals surface area contributed by atoms with Crippen LogP contribution in [0.2, 0.25) is 0 Å². The molecule has 1 unspecified atom stereocenters. The van der Waals surface area contributed by atoms with Gasteiger partial charge in [-0.05, 0) is 18.8 Å². The van der Waals surface area contributed by atoms with Crippen molar-refractivity contribution in [1.82, 2.24) is 14.5 Å². The standard InChI is InChI=1S/C11H19N3O4S/c1-9(3-4-11(15)16)5-6-13-19(17,18)10-7-12-14(2)8-10/h7-9,13H,3-6H2,1-2H3,(H,15,16). The van der Waals surface area contributed by atoms with Crippen LogP contribution in [0.5, 0.6) is 0 Å². The van der Waals surface area contributed by atoms with E-state index in [2.05, 4.69) is 9.82 Å². The smallest absolute Gasteiger partial charge is 0.303 e. The number of nitrogens with zero attached hydrogens (tertiary/aromatic N) is 2. The number of hydrogen-bond donors (Lipinski definition) is 2. The van der Waals surface area contributed by atoms with Gasteiger partial charge in [-0.2, -0.15) is 5.10 Å². The molecule has 0 radical (unpaired) electrons. The van der Waals surface area contributed by atoms with E-state index in [-0.39, 0.29) is 23.8 Å². The quantitative estimate of drug-likeness (QED) is 0.729. The molecule has 0 fully saturated rings. The molecule has 0 saturated heterocycles. The van der Waals surface area contributed by atoms with Gasteiger partial charge < -0.3 is 5.11 Å². The molecule has 1 heterocycles. The summed E-state index contributed by atoms with van der Waals surface area (Å²) in [4.78, 5) is 10.5. The molecular weight excluding hydrogens is 270 g/mol. The van der Waals surface area contributed by atoms with Crippen molar-refractivity contribution in [2.24, 2.45) is 13.0 Å². The second-order valence-electron chi connectivity index (χ2n) is 4.57. The second kappa shape index (κ2) is 6.67. The fraction of sp³-hybridized carbons (Fsp3) is 0.636. The molecule has 0 aliphatic rings. The van der Waals surface area contributed by atoms with Gasteiger partial charge in [0.2, 0.25) is 10.0 Å². The molecule has 1 aromatic rings. The van der Waals surface area contributed by atoms with Crippen molar-refractivity contribution in [3.63, 3.8) is 0 Å². The zero-order chi connectivity index (χ0) is 14.5. The molecule has 7 nitrogen and oxygen atoms in total. The van der Waals surface area contributed by atoms with Crippen LogP contribution in [0.25, 0.3) is 0 Å². The van der Waals surface area contributed by atoms with Crippen molar-refractivity contribution in [3.8, 4) is 0 Å². The Hall–Kier alpha value is -1.41. The molecule has 1 atom stereocenters. The van der Waals surface area contributed by atoms with Crippen molar-refractivity contribution in [1.29, 1.82) is 0 Å². The topological polar surface area (TPSA) is 101 Å². The molecule has 0 amide bonds. The number of nitrogens with one attached hydrogen (secondary N) is 1. The monoisotopic (exact) mass is 289 g/mol. The Morgan fingerprint density at radius 3 is 2.74 bits per heavy atom. The summed E-state index contributed by atoms with van der Waals surface area (Å²) < 4.78 is 27.6. The number of carboxylic acid groups (broad SMARTS) is 1. The molecule has 19 heavy (non-hydrogen) atoms. The Bertz CT molecular complexity index is 524. The highest BCUT2D eigenvalue weighted by atomic mass is 32.2. The van der Waals surface area contributed by atoms with Crippen LogP contribution in [-0.4, -0.2) is 35.8 Å². The van der Waals surface area contributed by atoms with E-state index in [0.29, 0.717) is 12.8 Å². The molecule has 0 aliphatic carbocycles. The average Bonchev–Trinajstić information content (AvgIpc) is 2.74. The lowest BCUT2D eigenvalue weighted by Crippen LogP contribution is -2.25. The summed E-state index contributed by atoms with van der Waals surface area (Å²) in [5.74, 6) is -0.671. The molecule has 108 valence electrons. The Morgan fingerprint density at radius 1 is 1.53 bits per heavy atom. The maximum Gasteiger partial charge on any atom is 0.303 e. The van der Waals surface area contributed by atoms with Crippen LogP contribution >= 0.6 is 0 Å². The third-order valence-corrected chi connectivity index (χ3v) is 4.19. The summed E-state index contributed by atoms with van der Waals surface area (Å²) in [7, 11) is -1.87. The predicted molar refractivity (Wildman–Crippen MR) is 69.0 cm³/mol. The molecular formula is C11H19N3O4S. The maximum absolute atomic E-state index is 11.8. The minimum absolute atomic E-state index is 0.108. The average molecular weight is 289 g/mol. The van der Waals surface area contributed by atoms with E-state index >= 15 is 0 Å². The minimum atomic E-state index is -3.52. The van der Waals surface area contributed by atoms with E-state index in [4.69, 9.17) is 5.11 Å². The van der Waals surface area contributed by atoms with Crippen molar-refractivity contribution < 1.29 is 18.3 Å². The molecule has 1 aromatic heterocycles. The van der Waals surface area contributed by atoms with Gasteiger partial charge in [-0.1, -0.05) is 6.92 Å². The molecule has 0 saturated carbocycles. The number of aromatic nitrogens is 2. The van der Waals surface area contributed by atoms with Crippen molar-refractivity contribution in [3.05, 3.63) is 12.4 Å². The van der Waals surface area contributed by atoms with Crippen LogP contribution in [0, 0.1) is 5.92 Å². The molecule has 0 aromatic carbocycles. The second-order valence-corrected chi connectivity index (χ2v) is 6.34. The van der Waals surface area contributed by atoms with E-state index in [1.165, 1.54) is 17.1 Å². The van der Waals surface area contributed by atoms with E-state index in [0.717, 1.165) is 0 Å². The van der Waals surface area contributed by atoms with Gasteiger partial charge in [-0.3, -0.25) is 9.48 Å². The van der Waals surface area contributed by atoms with Crippen LogP contribution in [0.1, 0.15) is 26.2 Å². The van der Waals surface area contributed by atoms with Gasteiger partial charge in [0.15, 0.2) is 0 Å². The first-order chi connectivity index (χ1) is 8.81. The Morgan fingerprint density at radius 2 is 2.21 bits per heavy atom. The molecule has 0 spiro atoms. The maximum atomic E-state index is 11.8. The highest BCUT2D eigenvalue weighted by Crippen LogP contribution is 2.11. The van der Waals surface area contributed by atoms with Gasteiger partial charge in [0.25, 0.3) is 0 Å². The van der Waals surface area contributed by atoms with Crippen LogP contribution in [0.15, 0.2) is 17.3 Å². The summed E-state index contributed by atoms with van der Waals surface area (Å²) >= 11 is 0. The number of carbonyl (C=O) groups is 1. The van der Waals surface area contributed by atoms with Crippen molar-refractivity contribution in [2.75, 3.05) is 6.54 Å². The van der Waals surface area contributed by atoms with Gasteiger partial charge >= 0.3 is 5.97 Å². The Labute approximate surface area is 112 Å². The van der Waals surface area contributed by atoms with Crippen molar-refractivity contribution >= 4 is 16.0 Å². The number of hydrogen-bond acceptors (Lipinski definition) is 4. The van der Waals surface area contributed by atoms with Crippen LogP contribution in [-0.2, 0) is 21.9 Å². The highest BCUT2D eigenvalue weighted by Gasteiger charge is 2.15. The zero-order valence-electron chi connectivity index (χ0n) is 11.0. The lowest BCUT2D eigenvalue weighted by Gasteiger charge is -2.10. The first kappa shape index (κ1) is 15.6. The Balaban J connectivity index is 2.38. The number of carboxylic acids is 1. The van der Waals surface area contributed by atoms with Crippen LogP contribution in [0.4, 0.5) is 0 Å². The summed E-state index contributed by atoms with van der Waals surface area (Å²) in [5, 5.41) is 12.4. The lowest BCUT2D eigenvalue weighted by molar-refractivity contribution is -0.137. The zero-order valence-corrected chi connectivity index (χ0v) is 11.9. The molecule has 1 rings (SSSR count). The molecule has 2 N–H and O–H groups in total. The van der Waals surface area contributed by atoms with Gasteiger partial charge in [0, 0.05) is 26.2 Å². The number of aliphatic carboxylic acids is 1. The normalized spacial score (nSPS) is 13.4.